The number of hydrogen-bond acceptors (Lipinski definition) is 9. The van der Waals surface area contributed by atoms with E-state index in [-0.39, 0.29) is 16.7 Å². The normalized spacial score (nSPS) is 19.6. The Morgan fingerprint density at radius 1 is 1.02 bits per heavy atom. The van der Waals surface area contributed by atoms with E-state index < -0.39 is 42.1 Å². The molecule has 2 aromatic carbocycles. The van der Waals surface area contributed by atoms with Crippen molar-refractivity contribution in [2.75, 3.05) is 21.3 Å². The van der Waals surface area contributed by atoms with Gasteiger partial charge in [-0.15, -0.1) is 0 Å². The van der Waals surface area contributed by atoms with E-state index in [2.05, 4.69) is 0 Å². The third-order valence-corrected chi connectivity index (χ3v) is 6.61. The fraction of sp³-hybridized carbons (Fsp3) is 0.438. The predicted octanol–water partition coefficient (Wildman–Crippen LogP) is 5.02. The van der Waals surface area contributed by atoms with Gasteiger partial charge in [-0.3, -0.25) is 0 Å². The maximum atomic E-state index is 12.3. The lowest BCUT2D eigenvalue weighted by Crippen LogP contribution is -2.36. The van der Waals surface area contributed by atoms with Crippen molar-refractivity contribution in [3.8, 4) is 11.5 Å². The molecule has 10 heteroatoms. The number of rotatable bonds is 14. The van der Waals surface area contributed by atoms with E-state index in [4.69, 9.17) is 28.4 Å². The topological polar surface area (TPSA) is 130 Å². The van der Waals surface area contributed by atoms with Crippen LogP contribution in [0.3, 0.4) is 0 Å². The second-order valence-corrected chi connectivity index (χ2v) is 10.3. The predicted molar refractivity (Wildman–Crippen MR) is 156 cm³/mol. The van der Waals surface area contributed by atoms with Crippen LogP contribution in [0.15, 0.2) is 54.6 Å². The summed E-state index contributed by atoms with van der Waals surface area (Å²) in [6, 6.07) is 10.4. The minimum atomic E-state index is -1.27. The molecule has 0 spiro atoms. The van der Waals surface area contributed by atoms with E-state index in [0.717, 1.165) is 11.3 Å². The number of aliphatic hydroxyl groups is 1. The molecule has 1 unspecified atom stereocenters. The van der Waals surface area contributed by atoms with Gasteiger partial charge in [0.15, 0.2) is 5.79 Å². The van der Waals surface area contributed by atoms with Crippen molar-refractivity contribution in [3.63, 3.8) is 0 Å². The molecule has 4 atom stereocenters. The second-order valence-electron chi connectivity index (χ2n) is 10.3. The number of methoxy groups -OCH3 is 3. The molecule has 0 radical (unpaired) electrons. The van der Waals surface area contributed by atoms with Crippen LogP contribution in [0.2, 0.25) is 0 Å². The monoisotopic (exact) mass is 584 g/mol. The lowest BCUT2D eigenvalue weighted by molar-refractivity contribution is -0.156. The molecule has 2 N–H and O–H groups in total. The molecule has 0 saturated carbocycles. The SMILES string of the molecule is COC(=O)c1cc(OC)cc(/C=C/C[C@H]2OC(C)(C)O[C@@H]2C(/C=C\C[C@H](C)O)OCc2ccc(OC)cc2)c1C(=O)O. The van der Waals surface area contributed by atoms with E-state index in [9.17, 15) is 19.8 Å². The highest BCUT2D eigenvalue weighted by atomic mass is 16.8. The van der Waals surface area contributed by atoms with Crippen LogP contribution in [0.1, 0.15) is 65.5 Å². The van der Waals surface area contributed by atoms with Crippen molar-refractivity contribution in [2.45, 2.75) is 70.4 Å². The van der Waals surface area contributed by atoms with Crippen molar-refractivity contribution in [1.29, 1.82) is 0 Å². The minimum absolute atomic E-state index is 0.112. The lowest BCUT2D eigenvalue weighted by Gasteiger charge is -2.24. The molecule has 0 amide bonds. The van der Waals surface area contributed by atoms with Crippen LogP contribution in [0.5, 0.6) is 11.5 Å². The van der Waals surface area contributed by atoms with Gasteiger partial charge in [0.05, 0.1) is 51.3 Å². The Kier molecular flexibility index (Phi) is 11.7. The first kappa shape index (κ1) is 32.8. The molecular weight excluding hydrogens is 544 g/mol. The first-order valence-corrected chi connectivity index (χ1v) is 13.6. The molecule has 0 aliphatic carbocycles. The smallest absolute Gasteiger partial charge is 0.338 e. The maximum Gasteiger partial charge on any atom is 0.338 e. The van der Waals surface area contributed by atoms with Gasteiger partial charge in [0.2, 0.25) is 0 Å². The fourth-order valence-corrected chi connectivity index (χ4v) is 4.63. The quantitative estimate of drug-likeness (QED) is 0.230. The Hall–Kier alpha value is -3.70. The van der Waals surface area contributed by atoms with Gasteiger partial charge in [-0.25, -0.2) is 9.59 Å². The van der Waals surface area contributed by atoms with Crippen LogP contribution in [-0.2, 0) is 25.6 Å². The second kappa shape index (κ2) is 15.0. The van der Waals surface area contributed by atoms with E-state index in [1.54, 1.807) is 32.3 Å². The Morgan fingerprint density at radius 3 is 2.31 bits per heavy atom. The summed E-state index contributed by atoms with van der Waals surface area (Å²) in [5, 5.41) is 19.6. The van der Waals surface area contributed by atoms with Crippen molar-refractivity contribution in [3.05, 3.63) is 76.9 Å². The van der Waals surface area contributed by atoms with Crippen LogP contribution in [0, 0.1) is 0 Å². The van der Waals surface area contributed by atoms with Crippen molar-refractivity contribution in [2.24, 2.45) is 0 Å². The Labute approximate surface area is 246 Å². The number of carboxylic acids is 1. The highest BCUT2D eigenvalue weighted by Crippen LogP contribution is 2.34. The summed E-state index contributed by atoms with van der Waals surface area (Å²) < 4.78 is 34.1. The summed E-state index contributed by atoms with van der Waals surface area (Å²) in [5.74, 6) is -1.89. The zero-order valence-corrected chi connectivity index (χ0v) is 24.9. The van der Waals surface area contributed by atoms with E-state index >= 15 is 0 Å². The van der Waals surface area contributed by atoms with Gasteiger partial charge in [0.25, 0.3) is 0 Å². The fourth-order valence-electron chi connectivity index (χ4n) is 4.63. The van der Waals surface area contributed by atoms with Gasteiger partial charge in [0.1, 0.15) is 23.7 Å². The number of aromatic carboxylic acids is 1. The maximum absolute atomic E-state index is 12.3. The average Bonchev–Trinajstić information content (AvgIpc) is 3.27. The van der Waals surface area contributed by atoms with Crippen LogP contribution < -0.4 is 9.47 Å². The lowest BCUT2D eigenvalue weighted by atomic mass is 9.98. The zero-order valence-electron chi connectivity index (χ0n) is 24.9. The Bertz CT molecular complexity index is 1260. The number of carbonyl (C=O) groups is 2. The van der Waals surface area contributed by atoms with Gasteiger partial charge in [-0.1, -0.05) is 36.4 Å². The van der Waals surface area contributed by atoms with Crippen molar-refractivity contribution in [1.82, 2.24) is 0 Å². The minimum Gasteiger partial charge on any atom is -0.497 e. The molecule has 1 aliphatic rings. The number of ether oxygens (including phenoxy) is 6. The van der Waals surface area contributed by atoms with Crippen LogP contribution >= 0.6 is 0 Å². The molecule has 228 valence electrons. The average molecular weight is 585 g/mol. The number of benzene rings is 2. The molecule has 0 bridgehead atoms. The molecule has 2 aromatic rings. The largest absolute Gasteiger partial charge is 0.497 e. The van der Waals surface area contributed by atoms with Crippen LogP contribution in [-0.4, -0.2) is 73.7 Å². The summed E-state index contributed by atoms with van der Waals surface area (Å²) in [6.45, 7) is 5.64. The van der Waals surface area contributed by atoms with Crippen molar-refractivity contribution < 1.29 is 48.2 Å². The highest BCUT2D eigenvalue weighted by molar-refractivity contribution is 6.05. The van der Waals surface area contributed by atoms with Gasteiger partial charge >= 0.3 is 11.9 Å². The third kappa shape index (κ3) is 8.90. The number of aliphatic hydroxyl groups excluding tert-OH is 1. The van der Waals surface area contributed by atoms with Crippen LogP contribution in [0.25, 0.3) is 6.08 Å². The third-order valence-electron chi connectivity index (χ3n) is 6.61. The van der Waals surface area contributed by atoms with E-state index in [1.165, 1.54) is 20.3 Å². The Balaban J connectivity index is 1.87. The number of carbonyl (C=O) groups excluding carboxylic acids is 1. The summed E-state index contributed by atoms with van der Waals surface area (Å²) in [6.07, 6.45) is 5.92. The first-order valence-electron chi connectivity index (χ1n) is 13.6. The molecule has 1 heterocycles. The first-order chi connectivity index (χ1) is 20.0. The summed E-state index contributed by atoms with van der Waals surface area (Å²) in [7, 11) is 4.22. The van der Waals surface area contributed by atoms with E-state index in [1.807, 2.05) is 50.3 Å². The molecule has 10 nitrogen and oxygen atoms in total. The molecule has 1 saturated heterocycles. The highest BCUT2D eigenvalue weighted by Gasteiger charge is 2.44. The molecule has 0 aromatic heterocycles. The Morgan fingerprint density at radius 2 is 1.71 bits per heavy atom. The van der Waals surface area contributed by atoms with Crippen molar-refractivity contribution >= 4 is 18.0 Å². The van der Waals surface area contributed by atoms with Gasteiger partial charge in [0, 0.05) is 0 Å². The van der Waals surface area contributed by atoms with Gasteiger partial charge in [-0.2, -0.15) is 0 Å². The molecule has 1 aliphatic heterocycles. The van der Waals surface area contributed by atoms with E-state index in [0.29, 0.717) is 25.2 Å². The summed E-state index contributed by atoms with van der Waals surface area (Å²) >= 11 is 0. The van der Waals surface area contributed by atoms with Gasteiger partial charge in [-0.05, 0) is 69.0 Å². The van der Waals surface area contributed by atoms with Gasteiger partial charge < -0.3 is 38.6 Å². The summed E-state index contributed by atoms with van der Waals surface area (Å²) in [4.78, 5) is 24.4. The number of esters is 1. The van der Waals surface area contributed by atoms with Crippen LogP contribution in [0.4, 0.5) is 0 Å². The molecule has 3 rings (SSSR count). The molecule has 42 heavy (non-hydrogen) atoms. The molecular formula is C32H40O10. The number of hydrogen-bond donors (Lipinski definition) is 2. The zero-order chi connectivity index (χ0) is 30.9. The number of carboxylic acid groups (broad SMARTS) is 1. The standard InChI is InChI=1S/C32H40O10/c1-20(33)9-7-11-26(40-19-21-13-15-23(37-4)16-14-21)29-27(41-32(2,3)42-29)12-8-10-22-17-24(38-5)18-25(31(36)39-6)28(22)30(34)35/h7-8,10-11,13-18,20,26-27,29,33H,9,12,19H2,1-6H3,(H,34,35)/b10-8+,11-7-/t20-,26?,27+,29+/m0/s1. The summed E-state index contributed by atoms with van der Waals surface area (Å²) in [5.41, 5.74) is 0.918. The molecule has 1 fully saturated rings.